The van der Waals surface area contributed by atoms with E-state index in [0.29, 0.717) is 23.7 Å². The summed E-state index contributed by atoms with van der Waals surface area (Å²) in [5.74, 6) is 0.265. The third-order valence-corrected chi connectivity index (χ3v) is 5.72. The molecule has 1 unspecified atom stereocenters. The van der Waals surface area contributed by atoms with E-state index in [1.54, 1.807) is 42.5 Å². The van der Waals surface area contributed by atoms with Crippen LogP contribution < -0.4 is 14.4 Å². The summed E-state index contributed by atoms with van der Waals surface area (Å²) >= 11 is 0. The molecule has 156 valence electrons. The van der Waals surface area contributed by atoms with Crippen LogP contribution in [-0.4, -0.2) is 46.4 Å². The number of carbonyl (C=O) groups is 1. The van der Waals surface area contributed by atoms with Crippen molar-refractivity contribution in [3.05, 3.63) is 54.1 Å². The van der Waals surface area contributed by atoms with Crippen LogP contribution in [0.5, 0.6) is 5.75 Å². The predicted molar refractivity (Wildman–Crippen MR) is 113 cm³/mol. The Hall–Kier alpha value is -2.58. The van der Waals surface area contributed by atoms with E-state index < -0.39 is 15.9 Å². The number of anilines is 2. The quantitative estimate of drug-likeness (QED) is 0.712. The van der Waals surface area contributed by atoms with Crippen LogP contribution in [0, 0.1) is 6.92 Å². The lowest BCUT2D eigenvalue weighted by Crippen LogP contribution is -2.37. The van der Waals surface area contributed by atoms with Crippen molar-refractivity contribution in [3.63, 3.8) is 0 Å². The van der Waals surface area contributed by atoms with Gasteiger partial charge in [-0.05, 0) is 61.7 Å². The predicted octanol–water partition coefficient (Wildman–Crippen LogP) is 2.96. The smallest absolute Gasteiger partial charge is 0.245 e. The van der Waals surface area contributed by atoms with Crippen molar-refractivity contribution in [2.75, 3.05) is 35.6 Å². The first-order valence-electron chi connectivity index (χ1n) is 9.50. The molecule has 0 aromatic heterocycles. The van der Waals surface area contributed by atoms with Crippen molar-refractivity contribution in [2.45, 2.75) is 25.9 Å². The molecule has 0 radical (unpaired) electrons. The largest absolute Gasteiger partial charge is 0.491 e. The summed E-state index contributed by atoms with van der Waals surface area (Å²) in [6.45, 7) is 2.85. The topological polar surface area (TPSA) is 84.9 Å². The number of ether oxygens (including phenoxy) is 2. The molecule has 1 fully saturated rings. The van der Waals surface area contributed by atoms with Crippen molar-refractivity contribution in [1.29, 1.82) is 0 Å². The highest BCUT2D eigenvalue weighted by Gasteiger charge is 2.21. The first-order valence-corrected chi connectivity index (χ1v) is 11.3. The number of amides is 1. The third kappa shape index (κ3) is 6.20. The molecule has 1 aliphatic heterocycles. The molecule has 1 amide bonds. The van der Waals surface area contributed by atoms with E-state index in [0.717, 1.165) is 35.6 Å². The summed E-state index contributed by atoms with van der Waals surface area (Å²) in [6, 6.07) is 14.0. The second kappa shape index (κ2) is 9.28. The van der Waals surface area contributed by atoms with E-state index in [-0.39, 0.29) is 12.6 Å². The number of aryl methyl sites for hydroxylation is 1. The van der Waals surface area contributed by atoms with Gasteiger partial charge in [-0.1, -0.05) is 12.1 Å². The zero-order valence-electron chi connectivity index (χ0n) is 16.6. The Bertz CT molecular complexity index is 938. The number of nitrogens with one attached hydrogen (secondary N) is 1. The lowest BCUT2D eigenvalue weighted by atomic mass is 10.2. The fraction of sp³-hybridized carbons (Fsp3) is 0.381. The Kier molecular flexibility index (Phi) is 6.76. The van der Waals surface area contributed by atoms with E-state index in [1.807, 2.05) is 13.0 Å². The van der Waals surface area contributed by atoms with Gasteiger partial charge in [0.05, 0.1) is 18.0 Å². The van der Waals surface area contributed by atoms with Gasteiger partial charge in [-0.3, -0.25) is 9.10 Å². The number of rotatable bonds is 8. The maximum absolute atomic E-state index is 12.4. The molecule has 8 heteroatoms. The molecule has 1 aliphatic rings. The lowest BCUT2D eigenvalue weighted by Gasteiger charge is -2.22. The number of hydrogen-bond donors (Lipinski definition) is 1. The molecule has 2 aromatic rings. The second-order valence-electron chi connectivity index (χ2n) is 7.13. The summed E-state index contributed by atoms with van der Waals surface area (Å²) in [6.07, 6.45) is 3.29. The van der Waals surface area contributed by atoms with E-state index in [2.05, 4.69) is 5.32 Å². The summed E-state index contributed by atoms with van der Waals surface area (Å²) in [4.78, 5) is 12.4. The van der Waals surface area contributed by atoms with E-state index in [1.165, 1.54) is 0 Å². The lowest BCUT2D eigenvalue weighted by molar-refractivity contribution is -0.114. The molecule has 7 nitrogen and oxygen atoms in total. The van der Waals surface area contributed by atoms with Gasteiger partial charge in [0.25, 0.3) is 0 Å². The van der Waals surface area contributed by atoms with Crippen molar-refractivity contribution in [2.24, 2.45) is 0 Å². The number of hydrogen-bond acceptors (Lipinski definition) is 5. The first-order chi connectivity index (χ1) is 13.8. The van der Waals surface area contributed by atoms with E-state index in [9.17, 15) is 13.2 Å². The molecule has 3 rings (SSSR count). The van der Waals surface area contributed by atoms with Gasteiger partial charge in [0.1, 0.15) is 18.9 Å². The molecule has 1 saturated heterocycles. The summed E-state index contributed by atoms with van der Waals surface area (Å²) in [5, 5.41) is 2.73. The minimum Gasteiger partial charge on any atom is -0.491 e. The van der Waals surface area contributed by atoms with E-state index in [4.69, 9.17) is 9.47 Å². The zero-order valence-corrected chi connectivity index (χ0v) is 17.4. The van der Waals surface area contributed by atoms with Crippen LogP contribution in [-0.2, 0) is 19.6 Å². The molecule has 0 spiro atoms. The maximum Gasteiger partial charge on any atom is 0.245 e. The molecule has 2 aromatic carbocycles. The molecule has 0 saturated carbocycles. The maximum atomic E-state index is 12.4. The molecule has 1 heterocycles. The van der Waals surface area contributed by atoms with Gasteiger partial charge in [-0.2, -0.15) is 0 Å². The monoisotopic (exact) mass is 418 g/mol. The van der Waals surface area contributed by atoms with Crippen LogP contribution in [0.3, 0.4) is 0 Å². The average molecular weight is 419 g/mol. The van der Waals surface area contributed by atoms with E-state index >= 15 is 0 Å². The van der Waals surface area contributed by atoms with Crippen molar-refractivity contribution < 1.29 is 22.7 Å². The van der Waals surface area contributed by atoms with Crippen molar-refractivity contribution in [1.82, 2.24) is 0 Å². The van der Waals surface area contributed by atoms with Crippen LogP contribution >= 0.6 is 0 Å². The fourth-order valence-corrected chi connectivity index (χ4v) is 3.96. The average Bonchev–Trinajstić information content (AvgIpc) is 3.18. The standard InChI is InChI=1S/C21H26N2O5S/c1-16-5-3-6-18(13-16)23(29(2,25)26)14-21(24)22-17-8-10-19(11-9-17)28-15-20-7-4-12-27-20/h3,5-6,8-11,13,20H,4,7,12,14-15H2,1-2H3,(H,22,24). The van der Waals surface area contributed by atoms with Crippen LogP contribution in [0.2, 0.25) is 0 Å². The van der Waals surface area contributed by atoms with Gasteiger partial charge in [-0.25, -0.2) is 8.42 Å². The second-order valence-corrected chi connectivity index (χ2v) is 9.03. The SMILES string of the molecule is Cc1cccc(N(CC(=O)Nc2ccc(OCC3CCCO3)cc2)S(C)(=O)=O)c1. The van der Waals surface area contributed by atoms with Crippen LogP contribution in [0.1, 0.15) is 18.4 Å². The van der Waals surface area contributed by atoms with Gasteiger partial charge in [0.2, 0.25) is 15.9 Å². The minimum atomic E-state index is -3.60. The highest BCUT2D eigenvalue weighted by Crippen LogP contribution is 2.20. The van der Waals surface area contributed by atoms with Gasteiger partial charge in [0.15, 0.2) is 0 Å². The normalized spacial score (nSPS) is 16.4. The van der Waals surface area contributed by atoms with Crippen molar-refractivity contribution in [3.8, 4) is 5.75 Å². The highest BCUT2D eigenvalue weighted by molar-refractivity contribution is 7.92. The molecular weight excluding hydrogens is 392 g/mol. The Morgan fingerprint density at radius 3 is 2.62 bits per heavy atom. The van der Waals surface area contributed by atoms with Gasteiger partial charge >= 0.3 is 0 Å². The Morgan fingerprint density at radius 2 is 2.00 bits per heavy atom. The first kappa shape index (κ1) is 21.1. The Morgan fingerprint density at radius 1 is 1.24 bits per heavy atom. The summed E-state index contributed by atoms with van der Waals surface area (Å²) in [5.41, 5.74) is 1.94. The summed E-state index contributed by atoms with van der Waals surface area (Å²) in [7, 11) is -3.60. The molecule has 1 N–H and O–H groups in total. The molecule has 0 aliphatic carbocycles. The van der Waals surface area contributed by atoms with Gasteiger partial charge in [0, 0.05) is 12.3 Å². The van der Waals surface area contributed by atoms with Crippen molar-refractivity contribution >= 4 is 27.3 Å². The zero-order chi connectivity index (χ0) is 20.9. The van der Waals surface area contributed by atoms with Crippen LogP contribution in [0.25, 0.3) is 0 Å². The van der Waals surface area contributed by atoms with Gasteiger partial charge < -0.3 is 14.8 Å². The Labute approximate surface area is 171 Å². The number of benzene rings is 2. The highest BCUT2D eigenvalue weighted by atomic mass is 32.2. The number of sulfonamides is 1. The molecular formula is C21H26N2O5S. The molecule has 0 bridgehead atoms. The fourth-order valence-electron chi connectivity index (χ4n) is 3.11. The van der Waals surface area contributed by atoms with Gasteiger partial charge in [-0.15, -0.1) is 0 Å². The summed E-state index contributed by atoms with van der Waals surface area (Å²) < 4.78 is 36.7. The number of nitrogens with zero attached hydrogens (tertiary/aromatic N) is 1. The van der Waals surface area contributed by atoms with Crippen LogP contribution in [0.15, 0.2) is 48.5 Å². The molecule has 1 atom stereocenters. The molecule has 29 heavy (non-hydrogen) atoms. The third-order valence-electron chi connectivity index (χ3n) is 4.58. The minimum absolute atomic E-state index is 0.137. The Balaban J connectivity index is 1.59. The number of carbonyl (C=O) groups excluding carboxylic acids is 1. The van der Waals surface area contributed by atoms with Crippen LogP contribution in [0.4, 0.5) is 11.4 Å².